The predicted molar refractivity (Wildman–Crippen MR) is 105 cm³/mol. The molecule has 27 heavy (non-hydrogen) atoms. The van der Waals surface area contributed by atoms with Crippen LogP contribution in [0.25, 0.3) is 11.3 Å². The number of amides is 1. The van der Waals surface area contributed by atoms with Gasteiger partial charge in [-0.15, -0.1) is 0 Å². The molecule has 1 aliphatic rings. The number of hydrogen-bond donors (Lipinski definition) is 1. The number of hydrogen-bond acceptors (Lipinski definition) is 5. The van der Waals surface area contributed by atoms with Gasteiger partial charge in [0.25, 0.3) is 0 Å². The molecule has 1 aromatic heterocycles. The van der Waals surface area contributed by atoms with Crippen LogP contribution in [0.5, 0.6) is 5.75 Å². The highest BCUT2D eigenvalue weighted by Crippen LogP contribution is 2.27. The van der Waals surface area contributed by atoms with Gasteiger partial charge in [0.15, 0.2) is 0 Å². The molecule has 6 heteroatoms. The Morgan fingerprint density at radius 3 is 2.67 bits per heavy atom. The molecular formula is C21H20N4O2. The first kappa shape index (κ1) is 17.0. The van der Waals surface area contributed by atoms with E-state index in [1.165, 1.54) is 0 Å². The van der Waals surface area contributed by atoms with Crippen molar-refractivity contribution in [2.75, 3.05) is 30.4 Å². The van der Waals surface area contributed by atoms with Gasteiger partial charge in [-0.2, -0.15) is 0 Å². The molecule has 2 aromatic carbocycles. The first-order valence-corrected chi connectivity index (χ1v) is 8.80. The average molecular weight is 360 g/mol. The fourth-order valence-electron chi connectivity index (χ4n) is 3.06. The summed E-state index contributed by atoms with van der Waals surface area (Å²) in [5.41, 5.74) is 2.67. The predicted octanol–water partition coefficient (Wildman–Crippen LogP) is 3.23. The van der Waals surface area contributed by atoms with Crippen LogP contribution in [-0.4, -0.2) is 36.1 Å². The number of rotatable bonds is 5. The lowest BCUT2D eigenvalue weighted by Crippen LogP contribution is -2.52. The highest BCUT2D eigenvalue weighted by molar-refractivity contribution is 5.94. The number of aromatic nitrogens is 2. The maximum Gasteiger partial charge on any atom is 0.231 e. The normalized spacial score (nSPS) is 13.7. The third kappa shape index (κ3) is 3.74. The van der Waals surface area contributed by atoms with E-state index in [0.717, 1.165) is 28.5 Å². The summed E-state index contributed by atoms with van der Waals surface area (Å²) < 4.78 is 5.19. The second kappa shape index (κ2) is 7.45. The quantitative estimate of drug-likeness (QED) is 0.757. The lowest BCUT2D eigenvalue weighted by Gasteiger charge is -2.39. The smallest absolute Gasteiger partial charge is 0.231 e. The fraction of sp³-hybridized carbons (Fsp3) is 0.190. The number of ether oxygens (including phenoxy) is 1. The summed E-state index contributed by atoms with van der Waals surface area (Å²) in [7, 11) is 1.61. The number of benzene rings is 2. The molecule has 4 rings (SSSR count). The number of methoxy groups -OCH3 is 1. The Bertz CT molecular complexity index is 940. The van der Waals surface area contributed by atoms with Gasteiger partial charge in [0.05, 0.1) is 18.7 Å². The molecule has 1 amide bonds. The summed E-state index contributed by atoms with van der Waals surface area (Å²) in [5, 5.41) is 2.95. The number of carbonyl (C=O) groups excluding carboxylic acids is 1. The Morgan fingerprint density at radius 2 is 1.89 bits per heavy atom. The average Bonchev–Trinajstić information content (AvgIpc) is 2.68. The van der Waals surface area contributed by atoms with Crippen LogP contribution in [0.15, 0.2) is 67.0 Å². The van der Waals surface area contributed by atoms with E-state index in [4.69, 9.17) is 4.74 Å². The van der Waals surface area contributed by atoms with Crippen LogP contribution < -0.4 is 15.0 Å². The minimum Gasteiger partial charge on any atom is -0.497 e. The molecular weight excluding hydrogens is 340 g/mol. The Hall–Kier alpha value is -3.41. The molecule has 1 saturated heterocycles. The lowest BCUT2D eigenvalue weighted by molar-refractivity contribution is -0.120. The summed E-state index contributed by atoms with van der Waals surface area (Å²) in [4.78, 5) is 23.2. The van der Waals surface area contributed by atoms with E-state index in [-0.39, 0.29) is 11.8 Å². The Balaban J connectivity index is 1.38. The second-order valence-corrected chi connectivity index (χ2v) is 6.45. The minimum absolute atomic E-state index is 0.0110. The number of nitrogens with one attached hydrogen (secondary N) is 1. The zero-order valence-electron chi connectivity index (χ0n) is 15.0. The molecule has 0 radical (unpaired) electrons. The third-order valence-electron chi connectivity index (χ3n) is 4.64. The van der Waals surface area contributed by atoms with E-state index in [2.05, 4.69) is 20.2 Å². The van der Waals surface area contributed by atoms with Crippen molar-refractivity contribution in [3.63, 3.8) is 0 Å². The van der Waals surface area contributed by atoms with Crippen molar-refractivity contribution in [1.82, 2.24) is 9.97 Å². The molecule has 136 valence electrons. The van der Waals surface area contributed by atoms with Gasteiger partial charge in [0, 0.05) is 36.5 Å². The highest BCUT2D eigenvalue weighted by Gasteiger charge is 2.33. The largest absolute Gasteiger partial charge is 0.497 e. The van der Waals surface area contributed by atoms with Crippen LogP contribution in [0.1, 0.15) is 0 Å². The monoisotopic (exact) mass is 360 g/mol. The van der Waals surface area contributed by atoms with E-state index >= 15 is 0 Å². The van der Waals surface area contributed by atoms with Gasteiger partial charge in [0.1, 0.15) is 17.9 Å². The van der Waals surface area contributed by atoms with Crippen molar-refractivity contribution in [1.29, 1.82) is 0 Å². The molecule has 0 atom stereocenters. The molecule has 3 aromatic rings. The van der Waals surface area contributed by atoms with Crippen molar-refractivity contribution in [2.24, 2.45) is 5.92 Å². The van der Waals surface area contributed by atoms with Gasteiger partial charge >= 0.3 is 0 Å². The van der Waals surface area contributed by atoms with Crippen molar-refractivity contribution >= 4 is 17.4 Å². The summed E-state index contributed by atoms with van der Waals surface area (Å²) in [6.45, 7) is 1.28. The molecule has 2 heterocycles. The zero-order valence-corrected chi connectivity index (χ0v) is 15.0. The summed E-state index contributed by atoms with van der Waals surface area (Å²) in [6.07, 6.45) is 1.57. The van der Waals surface area contributed by atoms with E-state index in [9.17, 15) is 4.79 Å². The summed E-state index contributed by atoms with van der Waals surface area (Å²) >= 11 is 0. The molecule has 1 aliphatic heterocycles. The lowest BCUT2D eigenvalue weighted by atomic mass is 9.99. The number of anilines is 2. The maximum absolute atomic E-state index is 12.4. The van der Waals surface area contributed by atoms with Gasteiger partial charge in [0.2, 0.25) is 5.91 Å². The molecule has 1 N–H and O–H groups in total. The molecule has 1 fully saturated rings. The van der Waals surface area contributed by atoms with Crippen molar-refractivity contribution in [3.05, 3.63) is 67.0 Å². The van der Waals surface area contributed by atoms with Crippen LogP contribution in [0.3, 0.4) is 0 Å². The van der Waals surface area contributed by atoms with Crippen molar-refractivity contribution in [3.8, 4) is 17.0 Å². The van der Waals surface area contributed by atoms with Crippen LogP contribution >= 0.6 is 0 Å². The molecule has 0 spiro atoms. The van der Waals surface area contributed by atoms with Crippen molar-refractivity contribution < 1.29 is 9.53 Å². The zero-order chi connectivity index (χ0) is 18.6. The Labute approximate surface area is 157 Å². The number of carbonyl (C=O) groups is 1. The number of nitrogens with zero attached hydrogens (tertiary/aromatic N) is 3. The van der Waals surface area contributed by atoms with E-state index in [1.807, 2.05) is 60.7 Å². The van der Waals surface area contributed by atoms with Crippen LogP contribution in [0, 0.1) is 5.92 Å². The standard InChI is InChI=1S/C21H20N4O2/c1-27-18-9-5-8-17(10-18)24-21(26)16-12-25(13-16)20-11-19(22-14-23-20)15-6-3-2-4-7-15/h2-11,14,16H,12-13H2,1H3,(H,24,26). The molecule has 0 unspecified atom stereocenters. The maximum atomic E-state index is 12.4. The van der Waals surface area contributed by atoms with E-state index < -0.39 is 0 Å². The van der Waals surface area contributed by atoms with Crippen LogP contribution in [0.2, 0.25) is 0 Å². The fourth-order valence-corrected chi connectivity index (χ4v) is 3.06. The molecule has 0 bridgehead atoms. The van der Waals surface area contributed by atoms with Gasteiger partial charge in [-0.25, -0.2) is 9.97 Å². The van der Waals surface area contributed by atoms with Gasteiger partial charge in [-0.05, 0) is 12.1 Å². The summed E-state index contributed by atoms with van der Waals surface area (Å²) in [5.74, 6) is 1.51. The van der Waals surface area contributed by atoms with E-state index in [1.54, 1.807) is 13.4 Å². The van der Waals surface area contributed by atoms with Crippen LogP contribution in [0.4, 0.5) is 11.5 Å². The Morgan fingerprint density at radius 1 is 1.07 bits per heavy atom. The van der Waals surface area contributed by atoms with Crippen LogP contribution in [-0.2, 0) is 4.79 Å². The topological polar surface area (TPSA) is 67.3 Å². The van der Waals surface area contributed by atoms with Crippen molar-refractivity contribution in [2.45, 2.75) is 0 Å². The molecule has 0 saturated carbocycles. The summed E-state index contributed by atoms with van der Waals surface area (Å²) in [6, 6.07) is 19.3. The molecule has 0 aliphatic carbocycles. The van der Waals surface area contributed by atoms with Gasteiger partial charge < -0.3 is 15.0 Å². The second-order valence-electron chi connectivity index (χ2n) is 6.45. The highest BCUT2D eigenvalue weighted by atomic mass is 16.5. The Kier molecular flexibility index (Phi) is 4.70. The first-order chi connectivity index (χ1) is 13.2. The van der Waals surface area contributed by atoms with Gasteiger partial charge in [-0.1, -0.05) is 36.4 Å². The minimum atomic E-state index is -0.0636. The van der Waals surface area contributed by atoms with Gasteiger partial charge in [-0.3, -0.25) is 4.79 Å². The molecule has 6 nitrogen and oxygen atoms in total. The van der Waals surface area contributed by atoms with E-state index in [0.29, 0.717) is 13.1 Å². The first-order valence-electron chi connectivity index (χ1n) is 8.80. The third-order valence-corrected chi connectivity index (χ3v) is 4.64. The SMILES string of the molecule is COc1cccc(NC(=O)C2CN(c3cc(-c4ccccc4)ncn3)C2)c1.